The van der Waals surface area contributed by atoms with E-state index in [2.05, 4.69) is 39.6 Å². The van der Waals surface area contributed by atoms with Crippen molar-refractivity contribution in [3.05, 3.63) is 21.8 Å². The van der Waals surface area contributed by atoms with Crippen molar-refractivity contribution >= 4 is 34.0 Å². The van der Waals surface area contributed by atoms with Gasteiger partial charge in [0.25, 0.3) is 0 Å². The van der Waals surface area contributed by atoms with Gasteiger partial charge in [-0.05, 0) is 60.1 Å². The average molecular weight is 344 g/mol. The van der Waals surface area contributed by atoms with Gasteiger partial charge in [-0.15, -0.1) is 0 Å². The highest BCUT2D eigenvalue weighted by molar-refractivity contribution is 14.1. The minimum atomic E-state index is 0.442. The fourth-order valence-corrected chi connectivity index (χ4v) is 3.83. The lowest BCUT2D eigenvalue weighted by molar-refractivity contribution is 0.0256. The Labute approximate surface area is 115 Å². The van der Waals surface area contributed by atoms with Gasteiger partial charge in [-0.2, -0.15) is 0 Å². The predicted molar refractivity (Wildman–Crippen MR) is 78.3 cm³/mol. The number of rotatable bonds is 1. The fraction of sp³-hybridized carbons (Fsp3) is 0.538. The molecule has 2 aliphatic rings. The minimum Gasteiger partial charge on any atom is -0.399 e. The van der Waals surface area contributed by atoms with E-state index >= 15 is 0 Å². The van der Waals surface area contributed by atoms with Gasteiger partial charge in [-0.25, -0.2) is 0 Å². The molecule has 0 radical (unpaired) electrons. The van der Waals surface area contributed by atoms with Crippen molar-refractivity contribution in [1.82, 2.24) is 0 Å². The van der Waals surface area contributed by atoms with Gasteiger partial charge in [0, 0.05) is 15.8 Å². The average Bonchev–Trinajstić information content (AvgIpc) is 2.77. The summed E-state index contributed by atoms with van der Waals surface area (Å²) in [6, 6.07) is 6.77. The van der Waals surface area contributed by atoms with Crippen molar-refractivity contribution in [3.63, 3.8) is 0 Å². The quantitative estimate of drug-likeness (QED) is 0.629. The molecule has 1 aliphatic carbocycles. The molecule has 3 rings (SSSR count). The van der Waals surface area contributed by atoms with E-state index in [9.17, 15) is 0 Å². The van der Waals surface area contributed by atoms with Crippen LogP contribution < -0.4 is 10.6 Å². The van der Waals surface area contributed by atoms with Crippen LogP contribution in [0.3, 0.4) is 0 Å². The SMILES string of the molecule is Nc1ccc(N2CCOC3CCCC32)c(I)c1. The van der Waals surface area contributed by atoms with Crippen LogP contribution in [0.25, 0.3) is 0 Å². The second kappa shape index (κ2) is 4.65. The first-order valence-corrected chi connectivity index (χ1v) is 7.27. The largest absolute Gasteiger partial charge is 0.399 e. The summed E-state index contributed by atoms with van der Waals surface area (Å²) in [6.07, 6.45) is 4.20. The zero-order valence-corrected chi connectivity index (χ0v) is 11.9. The number of nitrogens with zero attached hydrogens (tertiary/aromatic N) is 1. The molecule has 1 aromatic carbocycles. The second-order valence-corrected chi connectivity index (χ2v) is 5.97. The number of halogens is 1. The summed E-state index contributed by atoms with van der Waals surface area (Å²) in [5, 5.41) is 0. The Morgan fingerprint density at radius 3 is 3.06 bits per heavy atom. The van der Waals surface area contributed by atoms with Crippen molar-refractivity contribution < 1.29 is 4.74 Å². The number of fused-ring (bicyclic) bond motifs is 1. The van der Waals surface area contributed by atoms with Gasteiger partial charge in [-0.3, -0.25) is 0 Å². The maximum absolute atomic E-state index is 5.85. The lowest BCUT2D eigenvalue weighted by Gasteiger charge is -2.39. The number of benzene rings is 1. The number of anilines is 2. The molecule has 0 spiro atoms. The number of morpholine rings is 1. The summed E-state index contributed by atoms with van der Waals surface area (Å²) < 4.78 is 7.09. The Morgan fingerprint density at radius 2 is 2.24 bits per heavy atom. The molecule has 2 atom stereocenters. The van der Waals surface area contributed by atoms with Gasteiger partial charge in [0.15, 0.2) is 0 Å². The smallest absolute Gasteiger partial charge is 0.0779 e. The van der Waals surface area contributed by atoms with Crippen LogP contribution in [0, 0.1) is 3.57 Å². The second-order valence-electron chi connectivity index (χ2n) is 4.81. The van der Waals surface area contributed by atoms with Gasteiger partial charge in [0.05, 0.1) is 24.4 Å². The number of ether oxygens (including phenoxy) is 1. The van der Waals surface area contributed by atoms with Crippen molar-refractivity contribution in [2.75, 3.05) is 23.8 Å². The molecule has 17 heavy (non-hydrogen) atoms. The molecular formula is C13H17IN2O. The van der Waals surface area contributed by atoms with E-state index < -0.39 is 0 Å². The standard InChI is InChI=1S/C13H17IN2O/c14-10-8-9(15)4-5-11(10)16-6-7-17-13-3-1-2-12(13)16/h4-5,8,12-13H,1-3,6-7,15H2. The highest BCUT2D eigenvalue weighted by Crippen LogP contribution is 2.35. The minimum absolute atomic E-state index is 0.442. The van der Waals surface area contributed by atoms with Crippen LogP contribution in [0.1, 0.15) is 19.3 Å². The summed E-state index contributed by atoms with van der Waals surface area (Å²) in [6.45, 7) is 1.85. The summed E-state index contributed by atoms with van der Waals surface area (Å²) >= 11 is 2.38. The van der Waals surface area contributed by atoms with Crippen LogP contribution >= 0.6 is 22.6 Å². The van der Waals surface area contributed by atoms with Gasteiger partial charge in [-0.1, -0.05) is 0 Å². The summed E-state index contributed by atoms with van der Waals surface area (Å²) in [7, 11) is 0. The molecule has 3 nitrogen and oxygen atoms in total. The molecule has 1 aliphatic heterocycles. The molecular weight excluding hydrogens is 327 g/mol. The number of nitrogen functional groups attached to an aromatic ring is 1. The lowest BCUT2D eigenvalue weighted by Crippen LogP contribution is -2.48. The zero-order chi connectivity index (χ0) is 11.8. The number of hydrogen-bond donors (Lipinski definition) is 1. The van der Waals surface area contributed by atoms with Crippen LogP contribution in [-0.2, 0) is 4.74 Å². The van der Waals surface area contributed by atoms with E-state index in [0.717, 1.165) is 18.8 Å². The first kappa shape index (κ1) is 11.6. The Balaban J connectivity index is 1.91. The molecule has 1 saturated carbocycles. The fourth-order valence-electron chi connectivity index (χ4n) is 2.98. The highest BCUT2D eigenvalue weighted by Gasteiger charge is 2.36. The molecule has 1 aromatic rings. The first-order valence-electron chi connectivity index (χ1n) is 6.19. The molecule has 4 heteroatoms. The third-order valence-electron chi connectivity index (χ3n) is 3.76. The van der Waals surface area contributed by atoms with Crippen LogP contribution in [0.5, 0.6) is 0 Å². The van der Waals surface area contributed by atoms with Crippen LogP contribution in [-0.4, -0.2) is 25.3 Å². The summed E-state index contributed by atoms with van der Waals surface area (Å²) in [5.74, 6) is 0. The van der Waals surface area contributed by atoms with E-state index in [1.165, 1.54) is 28.5 Å². The van der Waals surface area contributed by atoms with Crippen molar-refractivity contribution in [1.29, 1.82) is 0 Å². The highest BCUT2D eigenvalue weighted by atomic mass is 127. The number of nitrogens with two attached hydrogens (primary N) is 1. The number of hydrogen-bond acceptors (Lipinski definition) is 3. The zero-order valence-electron chi connectivity index (χ0n) is 9.73. The first-order chi connectivity index (χ1) is 8.25. The van der Waals surface area contributed by atoms with Gasteiger partial charge in [0.1, 0.15) is 0 Å². The monoisotopic (exact) mass is 344 g/mol. The Morgan fingerprint density at radius 1 is 1.35 bits per heavy atom. The third-order valence-corrected chi connectivity index (χ3v) is 4.63. The van der Waals surface area contributed by atoms with Crippen LogP contribution in [0.4, 0.5) is 11.4 Å². The molecule has 2 fully saturated rings. The van der Waals surface area contributed by atoms with Crippen molar-refractivity contribution in [3.8, 4) is 0 Å². The van der Waals surface area contributed by atoms with Gasteiger partial charge in [0.2, 0.25) is 0 Å². The Hall–Kier alpha value is -0.490. The van der Waals surface area contributed by atoms with E-state index in [4.69, 9.17) is 10.5 Å². The molecule has 0 aromatic heterocycles. The molecule has 92 valence electrons. The Bertz CT molecular complexity index is 424. The van der Waals surface area contributed by atoms with E-state index in [1.807, 2.05) is 6.07 Å². The van der Waals surface area contributed by atoms with Crippen molar-refractivity contribution in [2.24, 2.45) is 0 Å². The molecule has 2 N–H and O–H groups in total. The molecule has 2 unspecified atom stereocenters. The Kier molecular flexibility index (Phi) is 3.17. The normalized spacial score (nSPS) is 28.2. The summed E-state index contributed by atoms with van der Waals surface area (Å²) in [4.78, 5) is 2.52. The molecule has 0 amide bonds. The lowest BCUT2D eigenvalue weighted by atomic mass is 10.1. The van der Waals surface area contributed by atoms with E-state index in [-0.39, 0.29) is 0 Å². The van der Waals surface area contributed by atoms with Gasteiger partial charge < -0.3 is 15.4 Å². The third kappa shape index (κ3) is 2.12. The molecule has 0 bridgehead atoms. The molecule has 1 saturated heterocycles. The van der Waals surface area contributed by atoms with Gasteiger partial charge >= 0.3 is 0 Å². The summed E-state index contributed by atoms with van der Waals surface area (Å²) in [5.41, 5.74) is 7.98. The predicted octanol–water partition coefficient (Wildman–Crippen LogP) is 2.63. The van der Waals surface area contributed by atoms with E-state index in [0.29, 0.717) is 12.1 Å². The molecule has 1 heterocycles. The maximum atomic E-state index is 5.85. The van der Waals surface area contributed by atoms with Crippen LogP contribution in [0.2, 0.25) is 0 Å². The topological polar surface area (TPSA) is 38.5 Å². The van der Waals surface area contributed by atoms with E-state index in [1.54, 1.807) is 0 Å². The van der Waals surface area contributed by atoms with Crippen molar-refractivity contribution in [2.45, 2.75) is 31.4 Å². The maximum Gasteiger partial charge on any atom is 0.0779 e. The van der Waals surface area contributed by atoms with Crippen LogP contribution in [0.15, 0.2) is 18.2 Å².